The number of rotatable bonds is 6. The molecule has 1 aromatic heterocycles. The van der Waals surface area contributed by atoms with E-state index in [1.807, 2.05) is 0 Å². The number of piperidine rings is 1. The minimum atomic E-state index is 0.487. The van der Waals surface area contributed by atoms with Crippen molar-refractivity contribution >= 4 is 0 Å². The fourth-order valence-electron chi connectivity index (χ4n) is 2.97. The molecule has 1 saturated heterocycles. The molecule has 4 nitrogen and oxygen atoms in total. The first kappa shape index (κ1) is 16.5. The topological polar surface area (TPSA) is 31.7 Å². The number of furan rings is 1. The molecule has 0 bridgehead atoms. The lowest BCUT2D eigenvalue weighted by molar-refractivity contribution is 0.139. The van der Waals surface area contributed by atoms with Crippen molar-refractivity contribution in [2.45, 2.75) is 58.8 Å². The largest absolute Gasteiger partial charge is 0.465 e. The zero-order valence-electron chi connectivity index (χ0n) is 14.3. The van der Waals surface area contributed by atoms with Gasteiger partial charge in [-0.05, 0) is 53.0 Å². The minimum Gasteiger partial charge on any atom is -0.465 e. The summed E-state index contributed by atoms with van der Waals surface area (Å²) in [7, 11) is 4.46. The summed E-state index contributed by atoms with van der Waals surface area (Å²) in [5.41, 5.74) is 1.33. The van der Waals surface area contributed by atoms with E-state index in [4.69, 9.17) is 4.42 Å². The van der Waals surface area contributed by atoms with Crippen LogP contribution in [0.15, 0.2) is 10.5 Å². The first-order valence-electron chi connectivity index (χ1n) is 8.16. The van der Waals surface area contributed by atoms with Gasteiger partial charge in [-0.2, -0.15) is 0 Å². The number of likely N-dealkylation sites (tertiary alicyclic amines) is 1. The van der Waals surface area contributed by atoms with Crippen molar-refractivity contribution in [3.05, 3.63) is 23.2 Å². The Bertz CT molecular complexity index is 433. The Labute approximate surface area is 129 Å². The Kier molecular flexibility index (Phi) is 5.85. The van der Waals surface area contributed by atoms with E-state index in [1.165, 1.54) is 31.5 Å². The molecule has 0 atom stereocenters. The van der Waals surface area contributed by atoms with Crippen molar-refractivity contribution in [1.29, 1.82) is 0 Å². The summed E-state index contributed by atoms with van der Waals surface area (Å²) in [4.78, 5) is 4.91. The molecule has 0 aliphatic carbocycles. The Morgan fingerprint density at radius 3 is 2.67 bits per heavy atom. The predicted molar refractivity (Wildman–Crippen MR) is 87.4 cm³/mol. The van der Waals surface area contributed by atoms with Crippen LogP contribution in [0.3, 0.4) is 0 Å². The molecule has 0 unspecified atom stereocenters. The van der Waals surface area contributed by atoms with Gasteiger partial charge in [0.2, 0.25) is 0 Å². The summed E-state index contributed by atoms with van der Waals surface area (Å²) in [5.74, 6) is 2.11. The standard InChI is InChI=1S/C17H31N3O/c1-13(2)18-11-17-10-15(14(3)21-17)12-20(5)16-6-8-19(4)9-7-16/h10,13,16,18H,6-9,11-12H2,1-5H3. The van der Waals surface area contributed by atoms with Gasteiger partial charge in [0.05, 0.1) is 6.54 Å². The van der Waals surface area contributed by atoms with Crippen LogP contribution >= 0.6 is 0 Å². The molecule has 0 aromatic carbocycles. The van der Waals surface area contributed by atoms with Crippen molar-refractivity contribution in [2.75, 3.05) is 27.2 Å². The summed E-state index contributed by atoms with van der Waals surface area (Å²) in [6, 6.07) is 3.41. The summed E-state index contributed by atoms with van der Waals surface area (Å²) in [6.45, 7) is 10.6. The second-order valence-electron chi connectivity index (χ2n) is 6.78. The fourth-order valence-corrected chi connectivity index (χ4v) is 2.97. The molecule has 0 amide bonds. The molecule has 1 aromatic rings. The normalized spacial score (nSPS) is 18.0. The second-order valence-corrected chi connectivity index (χ2v) is 6.78. The van der Waals surface area contributed by atoms with Gasteiger partial charge in [0, 0.05) is 24.2 Å². The van der Waals surface area contributed by atoms with Crippen molar-refractivity contribution in [1.82, 2.24) is 15.1 Å². The molecule has 1 fully saturated rings. The second kappa shape index (κ2) is 7.43. The van der Waals surface area contributed by atoms with Gasteiger partial charge < -0.3 is 14.6 Å². The van der Waals surface area contributed by atoms with Gasteiger partial charge in [-0.3, -0.25) is 4.90 Å². The van der Waals surface area contributed by atoms with Gasteiger partial charge in [-0.25, -0.2) is 0 Å². The van der Waals surface area contributed by atoms with Crippen molar-refractivity contribution in [3.63, 3.8) is 0 Å². The number of nitrogens with zero attached hydrogens (tertiary/aromatic N) is 2. The molecule has 21 heavy (non-hydrogen) atoms. The van der Waals surface area contributed by atoms with Crippen LogP contribution in [0.4, 0.5) is 0 Å². The molecular weight excluding hydrogens is 262 g/mol. The predicted octanol–water partition coefficient (Wildman–Crippen LogP) is 2.61. The molecule has 1 aliphatic rings. The molecule has 1 aliphatic heterocycles. The van der Waals surface area contributed by atoms with Gasteiger partial charge in [-0.15, -0.1) is 0 Å². The van der Waals surface area contributed by atoms with E-state index in [9.17, 15) is 0 Å². The van der Waals surface area contributed by atoms with Crippen LogP contribution in [0.1, 0.15) is 43.8 Å². The Morgan fingerprint density at radius 2 is 2.05 bits per heavy atom. The molecule has 120 valence electrons. The highest BCUT2D eigenvalue weighted by Crippen LogP contribution is 2.20. The minimum absolute atomic E-state index is 0.487. The maximum absolute atomic E-state index is 5.87. The van der Waals surface area contributed by atoms with Crippen LogP contribution in [0, 0.1) is 6.92 Å². The van der Waals surface area contributed by atoms with Crippen LogP contribution in [-0.4, -0.2) is 49.1 Å². The first-order valence-corrected chi connectivity index (χ1v) is 8.16. The highest BCUT2D eigenvalue weighted by Gasteiger charge is 2.21. The van der Waals surface area contributed by atoms with Gasteiger partial charge in [0.25, 0.3) is 0 Å². The molecule has 0 radical (unpaired) electrons. The van der Waals surface area contributed by atoms with Gasteiger partial charge in [0.15, 0.2) is 0 Å². The number of nitrogens with one attached hydrogen (secondary N) is 1. The van der Waals surface area contributed by atoms with Crippen molar-refractivity contribution in [2.24, 2.45) is 0 Å². The Morgan fingerprint density at radius 1 is 1.38 bits per heavy atom. The maximum atomic E-state index is 5.87. The maximum Gasteiger partial charge on any atom is 0.118 e. The van der Waals surface area contributed by atoms with Crippen LogP contribution in [0.2, 0.25) is 0 Å². The van der Waals surface area contributed by atoms with Crippen molar-refractivity contribution in [3.8, 4) is 0 Å². The van der Waals surface area contributed by atoms with Crippen molar-refractivity contribution < 1.29 is 4.42 Å². The van der Waals surface area contributed by atoms with E-state index in [-0.39, 0.29) is 0 Å². The average Bonchev–Trinajstić information content (AvgIpc) is 2.78. The summed E-state index contributed by atoms with van der Waals surface area (Å²) in [5, 5.41) is 3.41. The quantitative estimate of drug-likeness (QED) is 0.874. The SMILES string of the molecule is Cc1oc(CNC(C)C)cc1CN(C)C1CCN(C)CC1. The molecule has 0 spiro atoms. The van der Waals surface area contributed by atoms with E-state index in [0.717, 1.165) is 24.6 Å². The van der Waals surface area contributed by atoms with Gasteiger partial charge in [-0.1, -0.05) is 13.8 Å². The third-order valence-electron chi connectivity index (χ3n) is 4.49. The molecule has 4 heteroatoms. The molecule has 0 saturated carbocycles. The van der Waals surface area contributed by atoms with Crippen LogP contribution in [-0.2, 0) is 13.1 Å². The van der Waals surface area contributed by atoms with Gasteiger partial charge >= 0.3 is 0 Å². The Balaban J connectivity index is 1.89. The highest BCUT2D eigenvalue weighted by atomic mass is 16.3. The Hall–Kier alpha value is -0.840. The number of hydrogen-bond donors (Lipinski definition) is 1. The molecular formula is C17H31N3O. The van der Waals surface area contributed by atoms with E-state index in [0.29, 0.717) is 12.1 Å². The third-order valence-corrected chi connectivity index (χ3v) is 4.49. The average molecular weight is 293 g/mol. The molecule has 2 heterocycles. The third kappa shape index (κ3) is 4.83. The summed E-state index contributed by atoms with van der Waals surface area (Å²) < 4.78 is 5.87. The lowest BCUT2D eigenvalue weighted by atomic mass is 10.0. The highest BCUT2D eigenvalue weighted by molar-refractivity contribution is 5.21. The lowest BCUT2D eigenvalue weighted by Gasteiger charge is -2.35. The first-order chi connectivity index (χ1) is 9.95. The monoisotopic (exact) mass is 293 g/mol. The van der Waals surface area contributed by atoms with Crippen LogP contribution in [0.5, 0.6) is 0 Å². The van der Waals surface area contributed by atoms with Crippen LogP contribution in [0.25, 0.3) is 0 Å². The smallest absolute Gasteiger partial charge is 0.118 e. The fraction of sp³-hybridized carbons (Fsp3) is 0.765. The van der Waals surface area contributed by atoms with E-state index < -0.39 is 0 Å². The molecule has 2 rings (SSSR count). The summed E-state index contributed by atoms with van der Waals surface area (Å²) >= 11 is 0. The van der Waals surface area contributed by atoms with E-state index in [1.54, 1.807) is 0 Å². The van der Waals surface area contributed by atoms with E-state index in [2.05, 4.69) is 56.0 Å². The number of aryl methyl sites for hydroxylation is 1. The number of hydrogen-bond acceptors (Lipinski definition) is 4. The van der Waals surface area contributed by atoms with Crippen LogP contribution < -0.4 is 5.32 Å². The molecule has 1 N–H and O–H groups in total. The zero-order valence-corrected chi connectivity index (χ0v) is 14.3. The van der Waals surface area contributed by atoms with Gasteiger partial charge in [0.1, 0.15) is 11.5 Å². The zero-order chi connectivity index (χ0) is 15.4. The lowest BCUT2D eigenvalue weighted by Crippen LogP contribution is -2.41. The van der Waals surface area contributed by atoms with E-state index >= 15 is 0 Å². The summed E-state index contributed by atoms with van der Waals surface area (Å²) in [6.07, 6.45) is 2.54.